The lowest BCUT2D eigenvalue weighted by atomic mass is 10.1. The van der Waals surface area contributed by atoms with E-state index in [9.17, 15) is 0 Å². The molecule has 2 rings (SSSR count). The second-order valence-corrected chi connectivity index (χ2v) is 6.92. The largest absolute Gasteiger partial charge is 0.394 e. The average Bonchev–Trinajstić information content (AvgIpc) is 2.66. The maximum absolute atomic E-state index is 8.85. The maximum Gasteiger partial charge on any atom is 0.0963 e. The number of rotatable bonds is 5. The van der Waals surface area contributed by atoms with Crippen LogP contribution in [0.5, 0.6) is 0 Å². The number of thioether (sulfide) groups is 2. The minimum Gasteiger partial charge on any atom is -0.394 e. The van der Waals surface area contributed by atoms with Crippen molar-refractivity contribution in [1.29, 1.82) is 0 Å². The van der Waals surface area contributed by atoms with Crippen LogP contribution in [-0.2, 0) is 9.47 Å². The molecule has 2 aliphatic heterocycles. The van der Waals surface area contributed by atoms with Gasteiger partial charge < -0.3 is 19.9 Å². The molecule has 0 aromatic heterocycles. The Kier molecular flexibility index (Phi) is 7.19. The quantitative estimate of drug-likeness (QED) is 0.774. The van der Waals surface area contributed by atoms with Gasteiger partial charge in [0, 0.05) is 41.7 Å². The van der Waals surface area contributed by atoms with Gasteiger partial charge in [-0.15, -0.1) is 0 Å². The molecule has 2 heterocycles. The first-order chi connectivity index (χ1) is 8.90. The van der Waals surface area contributed by atoms with Crippen molar-refractivity contribution in [2.24, 2.45) is 0 Å². The van der Waals surface area contributed by atoms with Crippen molar-refractivity contribution in [3.05, 3.63) is 0 Å². The van der Waals surface area contributed by atoms with E-state index in [2.05, 4.69) is 5.32 Å². The molecule has 18 heavy (non-hydrogen) atoms. The topological polar surface area (TPSA) is 50.7 Å². The first-order valence-corrected chi connectivity index (χ1v) is 8.93. The first-order valence-electron chi connectivity index (χ1n) is 6.62. The van der Waals surface area contributed by atoms with E-state index < -0.39 is 0 Å². The van der Waals surface area contributed by atoms with E-state index in [1.54, 1.807) is 0 Å². The summed E-state index contributed by atoms with van der Waals surface area (Å²) in [5.41, 5.74) is 0. The molecule has 0 bridgehead atoms. The third-order valence-corrected chi connectivity index (χ3v) is 5.71. The SMILES string of the molecule is OCCO[C@@H]1COCC[C@H]1NC1CSCCSC1. The smallest absolute Gasteiger partial charge is 0.0963 e. The Morgan fingerprint density at radius 2 is 2.06 bits per heavy atom. The van der Waals surface area contributed by atoms with Crippen LogP contribution in [0.2, 0.25) is 0 Å². The highest BCUT2D eigenvalue weighted by Gasteiger charge is 2.28. The van der Waals surface area contributed by atoms with E-state index in [0.717, 1.165) is 13.0 Å². The van der Waals surface area contributed by atoms with E-state index >= 15 is 0 Å². The molecule has 2 atom stereocenters. The predicted molar refractivity (Wildman–Crippen MR) is 77.6 cm³/mol. The molecule has 0 amide bonds. The zero-order chi connectivity index (χ0) is 12.6. The molecule has 0 aliphatic carbocycles. The fourth-order valence-corrected chi connectivity index (χ4v) is 4.71. The molecular formula is C12H23NO3S2. The summed E-state index contributed by atoms with van der Waals surface area (Å²) in [7, 11) is 0. The highest BCUT2D eigenvalue weighted by Crippen LogP contribution is 2.19. The Balaban J connectivity index is 1.79. The van der Waals surface area contributed by atoms with Crippen LogP contribution in [0.3, 0.4) is 0 Å². The predicted octanol–water partition coefficient (Wildman–Crippen LogP) is 0.591. The van der Waals surface area contributed by atoms with Gasteiger partial charge in [0.15, 0.2) is 0 Å². The van der Waals surface area contributed by atoms with Crippen LogP contribution < -0.4 is 5.32 Å². The van der Waals surface area contributed by atoms with Crippen LogP contribution in [0.15, 0.2) is 0 Å². The summed E-state index contributed by atoms with van der Waals surface area (Å²) >= 11 is 4.07. The normalized spacial score (nSPS) is 31.2. The van der Waals surface area contributed by atoms with Gasteiger partial charge in [-0.05, 0) is 6.42 Å². The number of hydrogen-bond donors (Lipinski definition) is 2. The van der Waals surface area contributed by atoms with Crippen LogP contribution in [0.4, 0.5) is 0 Å². The standard InChI is InChI=1S/C12H23NO3S2/c14-2-4-16-12-7-15-3-1-11(12)13-10-8-17-5-6-18-9-10/h10-14H,1-9H2/t11-,12-/m1/s1. The Hall–Kier alpha value is 0.540. The van der Waals surface area contributed by atoms with Gasteiger partial charge in [0.1, 0.15) is 0 Å². The van der Waals surface area contributed by atoms with Crippen molar-refractivity contribution in [3.8, 4) is 0 Å². The molecule has 2 saturated heterocycles. The van der Waals surface area contributed by atoms with Gasteiger partial charge >= 0.3 is 0 Å². The van der Waals surface area contributed by atoms with Gasteiger partial charge in [0.05, 0.1) is 25.9 Å². The molecule has 0 aromatic carbocycles. The summed E-state index contributed by atoms with van der Waals surface area (Å²) in [6, 6.07) is 0.945. The van der Waals surface area contributed by atoms with E-state index in [-0.39, 0.29) is 12.7 Å². The van der Waals surface area contributed by atoms with E-state index in [1.807, 2.05) is 23.5 Å². The van der Waals surface area contributed by atoms with Crippen molar-refractivity contribution in [1.82, 2.24) is 5.32 Å². The lowest BCUT2D eigenvalue weighted by Gasteiger charge is -2.34. The number of nitrogens with one attached hydrogen (secondary N) is 1. The van der Waals surface area contributed by atoms with Crippen molar-refractivity contribution in [2.75, 3.05) is 49.4 Å². The summed E-state index contributed by atoms with van der Waals surface area (Å²) in [4.78, 5) is 0. The summed E-state index contributed by atoms with van der Waals surface area (Å²) < 4.78 is 11.1. The number of aliphatic hydroxyl groups is 1. The summed E-state index contributed by atoms with van der Waals surface area (Å²) in [5.74, 6) is 4.91. The Morgan fingerprint density at radius 1 is 1.28 bits per heavy atom. The van der Waals surface area contributed by atoms with Gasteiger partial charge in [-0.1, -0.05) is 0 Å². The number of hydrogen-bond acceptors (Lipinski definition) is 6. The van der Waals surface area contributed by atoms with Gasteiger partial charge in [-0.2, -0.15) is 23.5 Å². The molecule has 2 N–H and O–H groups in total. The second-order valence-electron chi connectivity index (χ2n) is 4.62. The van der Waals surface area contributed by atoms with Gasteiger partial charge in [0.25, 0.3) is 0 Å². The molecule has 6 heteroatoms. The third kappa shape index (κ3) is 4.90. The monoisotopic (exact) mass is 293 g/mol. The lowest BCUT2D eigenvalue weighted by molar-refractivity contribution is -0.0767. The van der Waals surface area contributed by atoms with Gasteiger partial charge in [-0.3, -0.25) is 0 Å². The minimum absolute atomic E-state index is 0.0817. The Labute approximate surface area is 118 Å². The van der Waals surface area contributed by atoms with Crippen LogP contribution in [-0.4, -0.2) is 72.7 Å². The lowest BCUT2D eigenvalue weighted by Crippen LogP contribution is -2.52. The van der Waals surface area contributed by atoms with Crippen molar-refractivity contribution in [3.63, 3.8) is 0 Å². The highest BCUT2D eigenvalue weighted by atomic mass is 32.2. The van der Waals surface area contributed by atoms with E-state index in [1.165, 1.54) is 23.0 Å². The second kappa shape index (κ2) is 8.66. The number of aliphatic hydroxyl groups excluding tert-OH is 1. The van der Waals surface area contributed by atoms with E-state index in [0.29, 0.717) is 25.3 Å². The molecule has 106 valence electrons. The van der Waals surface area contributed by atoms with Crippen molar-refractivity contribution < 1.29 is 14.6 Å². The fourth-order valence-electron chi connectivity index (χ4n) is 2.29. The Morgan fingerprint density at radius 3 is 2.78 bits per heavy atom. The Bertz CT molecular complexity index is 225. The van der Waals surface area contributed by atoms with Crippen LogP contribution in [0.25, 0.3) is 0 Å². The highest BCUT2D eigenvalue weighted by molar-refractivity contribution is 8.03. The molecule has 2 fully saturated rings. The third-order valence-electron chi connectivity index (χ3n) is 3.19. The first kappa shape index (κ1) is 14.9. The summed E-state index contributed by atoms with van der Waals surface area (Å²) in [6.45, 7) is 1.94. The summed E-state index contributed by atoms with van der Waals surface area (Å²) in [6.07, 6.45) is 1.09. The molecule has 0 aromatic rings. The molecule has 0 spiro atoms. The van der Waals surface area contributed by atoms with Crippen molar-refractivity contribution >= 4 is 23.5 Å². The van der Waals surface area contributed by atoms with Crippen LogP contribution in [0, 0.1) is 0 Å². The molecular weight excluding hydrogens is 270 g/mol. The molecule has 2 aliphatic rings. The zero-order valence-electron chi connectivity index (χ0n) is 10.7. The molecule has 0 radical (unpaired) electrons. The molecule has 0 unspecified atom stereocenters. The van der Waals surface area contributed by atoms with Crippen molar-refractivity contribution in [2.45, 2.75) is 24.6 Å². The fraction of sp³-hybridized carbons (Fsp3) is 1.00. The van der Waals surface area contributed by atoms with Crippen LogP contribution in [0.1, 0.15) is 6.42 Å². The van der Waals surface area contributed by atoms with Crippen LogP contribution >= 0.6 is 23.5 Å². The number of ether oxygens (including phenoxy) is 2. The van der Waals surface area contributed by atoms with E-state index in [4.69, 9.17) is 14.6 Å². The zero-order valence-corrected chi connectivity index (χ0v) is 12.3. The maximum atomic E-state index is 8.85. The summed E-state index contributed by atoms with van der Waals surface area (Å²) in [5, 5.41) is 12.6. The molecule has 4 nitrogen and oxygen atoms in total. The van der Waals surface area contributed by atoms with Gasteiger partial charge in [0.2, 0.25) is 0 Å². The molecule has 0 saturated carbocycles. The average molecular weight is 293 g/mol. The van der Waals surface area contributed by atoms with Gasteiger partial charge in [-0.25, -0.2) is 0 Å². The minimum atomic E-state index is 0.0817.